The smallest absolute Gasteiger partial charge is 0.0900 e. The number of aliphatic hydroxyl groups excluding tert-OH is 1. The van der Waals surface area contributed by atoms with E-state index < -0.39 is 0 Å². The van der Waals surface area contributed by atoms with Crippen molar-refractivity contribution >= 4 is 0 Å². The van der Waals surface area contributed by atoms with Crippen LogP contribution in [0.15, 0.2) is 0 Å². The predicted octanol–water partition coefficient (Wildman–Crippen LogP) is 0.726. The van der Waals surface area contributed by atoms with Crippen LogP contribution < -0.4 is 0 Å². The number of rotatable bonds is 7. The minimum absolute atomic E-state index is 0.346. The SMILES string of the molecule is CCCN(CC)CC(O)COC. The van der Waals surface area contributed by atoms with Gasteiger partial charge in [-0.25, -0.2) is 0 Å². The highest BCUT2D eigenvalue weighted by atomic mass is 16.5. The van der Waals surface area contributed by atoms with Gasteiger partial charge in [-0.05, 0) is 19.5 Å². The predicted molar refractivity (Wildman–Crippen MR) is 50.3 cm³/mol. The van der Waals surface area contributed by atoms with Crippen molar-refractivity contribution in [3.63, 3.8) is 0 Å². The van der Waals surface area contributed by atoms with Crippen LogP contribution in [0.2, 0.25) is 0 Å². The molecular formula is C9H21NO2. The van der Waals surface area contributed by atoms with Crippen molar-refractivity contribution in [1.82, 2.24) is 4.90 Å². The molecule has 3 nitrogen and oxygen atoms in total. The summed E-state index contributed by atoms with van der Waals surface area (Å²) >= 11 is 0. The molecule has 0 amide bonds. The molecule has 0 saturated heterocycles. The lowest BCUT2D eigenvalue weighted by atomic mass is 10.3. The molecule has 0 aromatic rings. The molecule has 0 aliphatic heterocycles. The number of hydrogen-bond donors (Lipinski definition) is 1. The van der Waals surface area contributed by atoms with Crippen LogP contribution >= 0.6 is 0 Å². The van der Waals surface area contributed by atoms with E-state index in [1.165, 1.54) is 0 Å². The number of ether oxygens (including phenoxy) is 1. The topological polar surface area (TPSA) is 32.7 Å². The maximum absolute atomic E-state index is 9.41. The molecule has 3 heteroatoms. The van der Waals surface area contributed by atoms with Gasteiger partial charge in [0.25, 0.3) is 0 Å². The number of nitrogens with zero attached hydrogens (tertiary/aromatic N) is 1. The van der Waals surface area contributed by atoms with E-state index in [4.69, 9.17) is 4.74 Å². The first-order valence-electron chi connectivity index (χ1n) is 4.63. The Bertz CT molecular complexity index is 98.5. The number of aliphatic hydroxyl groups is 1. The van der Waals surface area contributed by atoms with Gasteiger partial charge in [0.2, 0.25) is 0 Å². The molecule has 0 heterocycles. The van der Waals surface area contributed by atoms with Gasteiger partial charge in [0, 0.05) is 13.7 Å². The van der Waals surface area contributed by atoms with Crippen LogP contribution in [-0.2, 0) is 4.74 Å². The van der Waals surface area contributed by atoms with E-state index in [2.05, 4.69) is 18.7 Å². The Labute approximate surface area is 75.3 Å². The van der Waals surface area contributed by atoms with Gasteiger partial charge in [0.05, 0.1) is 12.7 Å². The highest BCUT2D eigenvalue weighted by Crippen LogP contribution is 1.94. The third-order valence-electron chi connectivity index (χ3n) is 1.82. The highest BCUT2D eigenvalue weighted by Gasteiger charge is 2.08. The van der Waals surface area contributed by atoms with Crippen molar-refractivity contribution in [3.8, 4) is 0 Å². The fraction of sp³-hybridized carbons (Fsp3) is 1.00. The fourth-order valence-corrected chi connectivity index (χ4v) is 1.24. The highest BCUT2D eigenvalue weighted by molar-refractivity contribution is 4.61. The first-order chi connectivity index (χ1) is 5.74. The van der Waals surface area contributed by atoms with Crippen molar-refractivity contribution in [2.24, 2.45) is 0 Å². The molecule has 1 N–H and O–H groups in total. The van der Waals surface area contributed by atoms with Crippen LogP contribution in [0.4, 0.5) is 0 Å². The molecule has 0 aromatic carbocycles. The van der Waals surface area contributed by atoms with Gasteiger partial charge in [-0.3, -0.25) is 0 Å². The maximum atomic E-state index is 9.41. The molecule has 0 rings (SSSR count). The Morgan fingerprint density at radius 2 is 2.08 bits per heavy atom. The molecule has 0 radical (unpaired) electrons. The van der Waals surface area contributed by atoms with E-state index in [0.29, 0.717) is 6.61 Å². The number of hydrogen-bond acceptors (Lipinski definition) is 3. The van der Waals surface area contributed by atoms with Crippen LogP contribution in [0.25, 0.3) is 0 Å². The average Bonchev–Trinajstić information content (AvgIpc) is 2.04. The summed E-state index contributed by atoms with van der Waals surface area (Å²) in [5.41, 5.74) is 0. The summed E-state index contributed by atoms with van der Waals surface area (Å²) in [6, 6.07) is 0. The maximum Gasteiger partial charge on any atom is 0.0900 e. The van der Waals surface area contributed by atoms with E-state index in [1.807, 2.05) is 0 Å². The summed E-state index contributed by atoms with van der Waals surface area (Å²) in [6.07, 6.45) is 0.787. The third kappa shape index (κ3) is 5.52. The Hall–Kier alpha value is -0.120. The molecule has 0 saturated carbocycles. The van der Waals surface area contributed by atoms with Crippen molar-refractivity contribution in [2.75, 3.05) is 33.4 Å². The van der Waals surface area contributed by atoms with E-state index >= 15 is 0 Å². The summed E-state index contributed by atoms with van der Waals surface area (Å²) in [6.45, 7) is 7.45. The molecule has 1 unspecified atom stereocenters. The van der Waals surface area contributed by atoms with Crippen LogP contribution in [-0.4, -0.2) is 49.5 Å². The third-order valence-corrected chi connectivity index (χ3v) is 1.82. The molecule has 12 heavy (non-hydrogen) atoms. The van der Waals surface area contributed by atoms with Crippen molar-refractivity contribution in [1.29, 1.82) is 0 Å². The molecule has 1 atom stereocenters. The minimum Gasteiger partial charge on any atom is -0.389 e. The van der Waals surface area contributed by atoms with E-state index in [1.54, 1.807) is 7.11 Å². The summed E-state index contributed by atoms with van der Waals surface area (Å²) < 4.78 is 4.85. The van der Waals surface area contributed by atoms with Crippen molar-refractivity contribution in [2.45, 2.75) is 26.4 Å². The van der Waals surface area contributed by atoms with Gasteiger partial charge in [-0.2, -0.15) is 0 Å². The summed E-state index contributed by atoms with van der Waals surface area (Å²) in [4.78, 5) is 2.23. The van der Waals surface area contributed by atoms with Crippen LogP contribution in [0.3, 0.4) is 0 Å². The second-order valence-corrected chi connectivity index (χ2v) is 3.00. The van der Waals surface area contributed by atoms with Crippen LogP contribution in [0.5, 0.6) is 0 Å². The minimum atomic E-state index is -0.346. The lowest BCUT2D eigenvalue weighted by Crippen LogP contribution is -2.35. The molecular weight excluding hydrogens is 154 g/mol. The standard InChI is InChI=1S/C9H21NO2/c1-4-6-10(5-2)7-9(11)8-12-3/h9,11H,4-8H2,1-3H3. The van der Waals surface area contributed by atoms with E-state index in [-0.39, 0.29) is 6.10 Å². The average molecular weight is 175 g/mol. The Morgan fingerprint density at radius 1 is 1.42 bits per heavy atom. The van der Waals surface area contributed by atoms with Crippen LogP contribution in [0.1, 0.15) is 20.3 Å². The van der Waals surface area contributed by atoms with Gasteiger partial charge in [-0.1, -0.05) is 13.8 Å². The largest absolute Gasteiger partial charge is 0.389 e. The monoisotopic (exact) mass is 175 g/mol. The molecule has 0 spiro atoms. The lowest BCUT2D eigenvalue weighted by Gasteiger charge is -2.22. The van der Waals surface area contributed by atoms with Gasteiger partial charge >= 0.3 is 0 Å². The van der Waals surface area contributed by atoms with Gasteiger partial charge in [0.1, 0.15) is 0 Å². The van der Waals surface area contributed by atoms with Gasteiger partial charge in [0.15, 0.2) is 0 Å². The molecule has 0 fully saturated rings. The zero-order valence-corrected chi connectivity index (χ0v) is 8.42. The van der Waals surface area contributed by atoms with Gasteiger partial charge in [-0.15, -0.1) is 0 Å². The molecule has 74 valence electrons. The lowest BCUT2D eigenvalue weighted by molar-refractivity contribution is 0.0389. The van der Waals surface area contributed by atoms with Crippen LogP contribution in [0, 0.1) is 0 Å². The number of methoxy groups -OCH3 is 1. The number of likely N-dealkylation sites (N-methyl/N-ethyl adjacent to an activating group) is 1. The van der Waals surface area contributed by atoms with Gasteiger partial charge < -0.3 is 14.7 Å². The first kappa shape index (κ1) is 11.9. The van der Waals surface area contributed by atoms with Crippen molar-refractivity contribution in [3.05, 3.63) is 0 Å². The van der Waals surface area contributed by atoms with E-state index in [0.717, 1.165) is 26.1 Å². The second-order valence-electron chi connectivity index (χ2n) is 3.00. The normalized spacial score (nSPS) is 13.8. The Kier molecular flexibility index (Phi) is 7.45. The fourth-order valence-electron chi connectivity index (χ4n) is 1.24. The summed E-state index contributed by atoms with van der Waals surface area (Å²) in [7, 11) is 1.61. The first-order valence-corrected chi connectivity index (χ1v) is 4.63. The second kappa shape index (κ2) is 7.53. The molecule has 0 aliphatic carbocycles. The summed E-state index contributed by atoms with van der Waals surface area (Å²) in [5, 5.41) is 9.41. The molecule has 0 aliphatic rings. The summed E-state index contributed by atoms with van der Waals surface area (Å²) in [5.74, 6) is 0. The quantitative estimate of drug-likeness (QED) is 0.619. The Morgan fingerprint density at radius 3 is 2.50 bits per heavy atom. The van der Waals surface area contributed by atoms with Crippen molar-refractivity contribution < 1.29 is 9.84 Å². The molecule has 0 aromatic heterocycles. The van der Waals surface area contributed by atoms with E-state index in [9.17, 15) is 5.11 Å². The Balaban J connectivity index is 3.53. The zero-order chi connectivity index (χ0) is 9.40. The molecule has 0 bridgehead atoms. The zero-order valence-electron chi connectivity index (χ0n) is 8.42.